The van der Waals surface area contributed by atoms with Crippen LogP contribution in [0.1, 0.15) is 22.6 Å². The second kappa shape index (κ2) is 6.91. The Kier molecular flexibility index (Phi) is 4.26. The van der Waals surface area contributed by atoms with Crippen LogP contribution in [-0.4, -0.2) is 54.8 Å². The summed E-state index contributed by atoms with van der Waals surface area (Å²) < 4.78 is 5.50. The van der Waals surface area contributed by atoms with Gasteiger partial charge in [0.1, 0.15) is 6.33 Å². The number of nitrogens with zero attached hydrogens (tertiary/aromatic N) is 4. The van der Waals surface area contributed by atoms with E-state index in [1.165, 1.54) is 22.4 Å². The number of likely N-dealkylation sites (N-methyl/N-ethyl adjacent to an activating group) is 1. The molecule has 1 unspecified atom stereocenters. The van der Waals surface area contributed by atoms with Crippen LogP contribution in [0.5, 0.6) is 0 Å². The van der Waals surface area contributed by atoms with Crippen LogP contribution in [-0.2, 0) is 11.3 Å². The molecule has 1 aromatic heterocycles. The van der Waals surface area contributed by atoms with E-state index in [1.54, 1.807) is 6.33 Å². The van der Waals surface area contributed by atoms with Gasteiger partial charge in [-0.1, -0.05) is 12.1 Å². The Morgan fingerprint density at radius 1 is 1.07 bits per heavy atom. The van der Waals surface area contributed by atoms with Crippen molar-refractivity contribution in [3.05, 3.63) is 65.6 Å². The van der Waals surface area contributed by atoms with Gasteiger partial charge in [-0.25, -0.2) is 9.97 Å². The van der Waals surface area contributed by atoms with Gasteiger partial charge in [0.05, 0.1) is 18.7 Å². The molecule has 0 amide bonds. The number of anilines is 1. The van der Waals surface area contributed by atoms with Crippen LogP contribution in [0.25, 0.3) is 10.9 Å². The first-order chi connectivity index (χ1) is 13.3. The van der Waals surface area contributed by atoms with Gasteiger partial charge in [0.2, 0.25) is 0 Å². The Morgan fingerprint density at radius 3 is 2.85 bits per heavy atom. The van der Waals surface area contributed by atoms with Gasteiger partial charge >= 0.3 is 0 Å². The Labute approximate surface area is 159 Å². The molecule has 138 valence electrons. The largest absolute Gasteiger partial charge is 0.378 e. The van der Waals surface area contributed by atoms with Crippen LogP contribution in [0.15, 0.2) is 48.9 Å². The number of morpholine rings is 1. The molecule has 0 bridgehead atoms. The Bertz CT molecular complexity index is 967. The fraction of sp³-hybridized carbons (Fsp3) is 0.364. The van der Waals surface area contributed by atoms with Gasteiger partial charge in [0, 0.05) is 49.4 Å². The molecule has 0 radical (unpaired) electrons. The second-order valence-corrected chi connectivity index (χ2v) is 7.57. The average Bonchev–Trinajstić information content (AvgIpc) is 2.73. The van der Waals surface area contributed by atoms with Gasteiger partial charge in [-0.2, -0.15) is 0 Å². The summed E-state index contributed by atoms with van der Waals surface area (Å²) in [6.45, 7) is 5.62. The Morgan fingerprint density at radius 2 is 1.96 bits per heavy atom. The third-order valence-corrected chi connectivity index (χ3v) is 5.74. The number of hydrogen-bond acceptors (Lipinski definition) is 5. The van der Waals surface area contributed by atoms with Gasteiger partial charge in [0.25, 0.3) is 0 Å². The molecule has 2 aliphatic heterocycles. The van der Waals surface area contributed by atoms with Gasteiger partial charge in [-0.15, -0.1) is 0 Å². The van der Waals surface area contributed by atoms with E-state index in [1.807, 2.05) is 6.20 Å². The van der Waals surface area contributed by atoms with Crippen molar-refractivity contribution in [1.82, 2.24) is 14.9 Å². The molecule has 0 saturated carbocycles. The summed E-state index contributed by atoms with van der Waals surface area (Å²) in [4.78, 5) is 13.4. The van der Waals surface area contributed by atoms with Crippen molar-refractivity contribution >= 4 is 16.6 Å². The summed E-state index contributed by atoms with van der Waals surface area (Å²) in [5, 5.41) is 1.11. The highest BCUT2D eigenvalue weighted by molar-refractivity contribution is 5.78. The highest BCUT2D eigenvalue weighted by atomic mass is 16.5. The van der Waals surface area contributed by atoms with Gasteiger partial charge in [-0.05, 0) is 48.0 Å². The quantitative estimate of drug-likeness (QED) is 0.703. The van der Waals surface area contributed by atoms with Crippen molar-refractivity contribution in [2.45, 2.75) is 12.5 Å². The van der Waals surface area contributed by atoms with Crippen LogP contribution in [0.2, 0.25) is 0 Å². The first-order valence-electron chi connectivity index (χ1n) is 9.62. The summed E-state index contributed by atoms with van der Waals surface area (Å²) in [7, 11) is 2.21. The standard InChI is InChI=1S/C22H24N4O/c1-25-13-18-11-19(26-6-8-27-9-7-26)3-4-20(18)21(14-25)16-2-5-22-17(10-16)12-23-15-24-22/h2-5,10-12,15,21H,6-9,13-14H2,1H3. The zero-order valence-electron chi connectivity index (χ0n) is 15.6. The van der Waals surface area contributed by atoms with E-state index in [9.17, 15) is 0 Å². The Balaban J connectivity index is 1.53. The minimum absolute atomic E-state index is 0.377. The van der Waals surface area contributed by atoms with Crippen LogP contribution in [0.4, 0.5) is 5.69 Å². The zero-order valence-corrected chi connectivity index (χ0v) is 15.6. The molecule has 5 nitrogen and oxygen atoms in total. The lowest BCUT2D eigenvalue weighted by atomic mass is 9.84. The first kappa shape index (κ1) is 16.7. The van der Waals surface area contributed by atoms with Crippen LogP contribution in [0, 0.1) is 0 Å². The number of fused-ring (bicyclic) bond motifs is 2. The topological polar surface area (TPSA) is 41.5 Å². The fourth-order valence-corrected chi connectivity index (χ4v) is 4.36. The van der Waals surface area contributed by atoms with Crippen molar-refractivity contribution in [2.24, 2.45) is 0 Å². The minimum Gasteiger partial charge on any atom is -0.378 e. The number of hydrogen-bond donors (Lipinski definition) is 0. The predicted octanol–water partition coefficient (Wildman–Crippen LogP) is 3.04. The molecule has 27 heavy (non-hydrogen) atoms. The summed E-state index contributed by atoms with van der Waals surface area (Å²) in [6, 6.07) is 13.6. The molecule has 1 fully saturated rings. The molecular weight excluding hydrogens is 336 g/mol. The summed E-state index contributed by atoms with van der Waals surface area (Å²) in [5.74, 6) is 0.377. The van der Waals surface area contributed by atoms with Crippen LogP contribution >= 0.6 is 0 Å². The highest BCUT2D eigenvalue weighted by Crippen LogP contribution is 2.36. The SMILES string of the molecule is CN1Cc2cc(N3CCOCC3)ccc2C(c2ccc3ncncc3c2)C1. The predicted molar refractivity (Wildman–Crippen MR) is 107 cm³/mol. The third kappa shape index (κ3) is 3.17. The van der Waals surface area contributed by atoms with E-state index in [0.29, 0.717) is 5.92 Å². The molecule has 1 atom stereocenters. The summed E-state index contributed by atoms with van der Waals surface area (Å²) in [5.41, 5.74) is 6.53. The lowest BCUT2D eigenvalue weighted by Gasteiger charge is -2.35. The monoisotopic (exact) mass is 360 g/mol. The Hall–Kier alpha value is -2.50. The van der Waals surface area contributed by atoms with Crippen molar-refractivity contribution in [3.63, 3.8) is 0 Å². The van der Waals surface area contributed by atoms with Crippen molar-refractivity contribution in [3.8, 4) is 0 Å². The molecule has 2 aromatic carbocycles. The van der Waals surface area contributed by atoms with Crippen LogP contribution in [0.3, 0.4) is 0 Å². The van der Waals surface area contributed by atoms with Crippen molar-refractivity contribution in [2.75, 3.05) is 44.8 Å². The van der Waals surface area contributed by atoms with Gasteiger partial charge < -0.3 is 14.5 Å². The lowest BCUT2D eigenvalue weighted by Crippen LogP contribution is -2.36. The second-order valence-electron chi connectivity index (χ2n) is 7.57. The summed E-state index contributed by atoms with van der Waals surface area (Å²) in [6.07, 6.45) is 3.51. The van der Waals surface area contributed by atoms with Gasteiger partial charge in [0.15, 0.2) is 0 Å². The number of benzene rings is 2. The molecule has 3 aromatic rings. The molecule has 1 saturated heterocycles. The minimum atomic E-state index is 0.377. The first-order valence-corrected chi connectivity index (χ1v) is 9.62. The number of aromatic nitrogens is 2. The van der Waals surface area contributed by atoms with E-state index >= 15 is 0 Å². The summed E-state index contributed by atoms with van der Waals surface area (Å²) >= 11 is 0. The maximum Gasteiger partial charge on any atom is 0.116 e. The van der Waals surface area contributed by atoms with Crippen molar-refractivity contribution < 1.29 is 4.74 Å². The molecule has 5 heteroatoms. The van der Waals surface area contributed by atoms with E-state index in [4.69, 9.17) is 4.74 Å². The number of rotatable bonds is 2. The molecule has 2 aliphatic rings. The van der Waals surface area contributed by atoms with E-state index < -0.39 is 0 Å². The molecular formula is C22H24N4O. The third-order valence-electron chi connectivity index (χ3n) is 5.74. The molecule has 0 N–H and O–H groups in total. The fourth-order valence-electron chi connectivity index (χ4n) is 4.36. The molecule has 0 spiro atoms. The van der Waals surface area contributed by atoms with Gasteiger partial charge in [-0.3, -0.25) is 0 Å². The average molecular weight is 360 g/mol. The van der Waals surface area contributed by atoms with E-state index in [0.717, 1.165) is 50.3 Å². The maximum atomic E-state index is 5.50. The van der Waals surface area contributed by atoms with E-state index in [2.05, 4.69) is 63.2 Å². The molecule has 3 heterocycles. The zero-order chi connectivity index (χ0) is 18.2. The maximum absolute atomic E-state index is 5.50. The van der Waals surface area contributed by atoms with E-state index in [-0.39, 0.29) is 0 Å². The molecule has 0 aliphatic carbocycles. The lowest BCUT2D eigenvalue weighted by molar-refractivity contribution is 0.122. The molecule has 5 rings (SSSR count). The van der Waals surface area contributed by atoms with Crippen LogP contribution < -0.4 is 4.90 Å². The number of ether oxygens (including phenoxy) is 1. The normalized spacial score (nSPS) is 20.6. The highest BCUT2D eigenvalue weighted by Gasteiger charge is 2.26. The van der Waals surface area contributed by atoms with Crippen molar-refractivity contribution in [1.29, 1.82) is 0 Å². The smallest absolute Gasteiger partial charge is 0.116 e.